The first-order chi connectivity index (χ1) is 13.0. The number of allylic oxidation sites excluding steroid dienone is 3. The second kappa shape index (κ2) is 11.1. The highest BCUT2D eigenvalue weighted by Gasteiger charge is 2.17. The highest BCUT2D eigenvalue weighted by atomic mass is 16.4. The van der Waals surface area contributed by atoms with E-state index in [4.69, 9.17) is 5.11 Å². The topological polar surface area (TPSA) is 74.7 Å². The number of carboxylic acids is 1. The van der Waals surface area contributed by atoms with Crippen LogP contribution < -0.4 is 0 Å². The van der Waals surface area contributed by atoms with Crippen LogP contribution >= 0.6 is 0 Å². The first kappa shape index (κ1) is 20.6. The minimum Gasteiger partial charge on any atom is -0.481 e. The Morgan fingerprint density at radius 1 is 1.07 bits per heavy atom. The van der Waals surface area contributed by atoms with Crippen molar-refractivity contribution in [3.63, 3.8) is 0 Å². The number of nitrogens with zero attached hydrogens (tertiary/aromatic N) is 1. The fourth-order valence-corrected chi connectivity index (χ4v) is 3.06. The summed E-state index contributed by atoms with van der Waals surface area (Å²) >= 11 is 0. The van der Waals surface area contributed by atoms with E-state index in [2.05, 4.69) is 0 Å². The van der Waals surface area contributed by atoms with Gasteiger partial charge in [0.1, 0.15) is 0 Å². The summed E-state index contributed by atoms with van der Waals surface area (Å²) in [5, 5.41) is 8.65. The lowest BCUT2D eigenvalue weighted by Gasteiger charge is -2.28. The summed E-state index contributed by atoms with van der Waals surface area (Å²) in [5.41, 5.74) is 1.90. The number of hydrogen-bond donors (Lipinski definition) is 1. The van der Waals surface area contributed by atoms with E-state index in [0.29, 0.717) is 25.8 Å². The molecule has 5 heteroatoms. The van der Waals surface area contributed by atoms with Gasteiger partial charge in [-0.15, -0.1) is 0 Å². The van der Waals surface area contributed by atoms with Crippen LogP contribution in [0.5, 0.6) is 0 Å². The Labute approximate surface area is 160 Å². The van der Waals surface area contributed by atoms with Crippen molar-refractivity contribution in [1.82, 2.24) is 4.90 Å². The largest absolute Gasteiger partial charge is 0.481 e. The Morgan fingerprint density at radius 3 is 2.56 bits per heavy atom. The number of ketones is 2. The molecule has 2 rings (SSSR count). The van der Waals surface area contributed by atoms with E-state index < -0.39 is 5.97 Å². The average Bonchev–Trinajstić information content (AvgIpc) is 2.64. The maximum absolute atomic E-state index is 12.2. The lowest BCUT2D eigenvalue weighted by atomic mass is 10.1. The highest BCUT2D eigenvalue weighted by molar-refractivity contribution is 5.92. The van der Waals surface area contributed by atoms with Crippen molar-refractivity contribution < 1.29 is 19.5 Å². The lowest BCUT2D eigenvalue weighted by Crippen LogP contribution is -2.32. The molecular weight excluding hydrogens is 342 g/mol. The van der Waals surface area contributed by atoms with Crippen molar-refractivity contribution in [2.75, 3.05) is 13.1 Å². The van der Waals surface area contributed by atoms with Gasteiger partial charge in [-0.3, -0.25) is 14.4 Å². The first-order valence-corrected chi connectivity index (χ1v) is 9.48. The van der Waals surface area contributed by atoms with Gasteiger partial charge in [-0.2, -0.15) is 0 Å². The van der Waals surface area contributed by atoms with Crippen LogP contribution in [-0.2, 0) is 20.8 Å². The molecule has 1 N–H and O–H groups in total. The monoisotopic (exact) mass is 369 g/mol. The number of carbonyl (C=O) groups is 3. The Balaban J connectivity index is 1.82. The van der Waals surface area contributed by atoms with Gasteiger partial charge in [0, 0.05) is 31.5 Å². The number of benzene rings is 1. The van der Waals surface area contributed by atoms with E-state index in [-0.39, 0.29) is 18.0 Å². The van der Waals surface area contributed by atoms with Crippen LogP contribution in [-0.4, -0.2) is 40.6 Å². The van der Waals surface area contributed by atoms with Crippen LogP contribution in [0, 0.1) is 0 Å². The predicted octanol–water partition coefficient (Wildman–Crippen LogP) is 3.55. The third kappa shape index (κ3) is 8.03. The molecule has 1 aliphatic rings. The number of carboxylic acid groups (broad SMARTS) is 1. The number of carbonyl (C=O) groups excluding carboxylic acids is 2. The van der Waals surface area contributed by atoms with Crippen molar-refractivity contribution in [1.29, 1.82) is 0 Å². The minimum absolute atomic E-state index is 0.0348. The smallest absolute Gasteiger partial charge is 0.303 e. The minimum atomic E-state index is -0.757. The van der Waals surface area contributed by atoms with E-state index in [1.54, 1.807) is 6.08 Å². The summed E-state index contributed by atoms with van der Waals surface area (Å²) in [6.45, 7) is 1.11. The van der Waals surface area contributed by atoms with Gasteiger partial charge in [0.05, 0.1) is 6.54 Å². The molecule has 27 heavy (non-hydrogen) atoms. The molecule has 0 atom stereocenters. The van der Waals surface area contributed by atoms with Crippen molar-refractivity contribution in [3.05, 3.63) is 59.8 Å². The van der Waals surface area contributed by atoms with Crippen molar-refractivity contribution >= 4 is 17.5 Å². The second-order valence-corrected chi connectivity index (χ2v) is 6.81. The van der Waals surface area contributed by atoms with Crippen molar-refractivity contribution in [2.24, 2.45) is 0 Å². The molecule has 0 radical (unpaired) electrons. The number of Topliss-reactive ketones (excluding diaryl/α,β-unsaturated/α-hetero) is 1. The third-order valence-electron chi connectivity index (χ3n) is 4.50. The van der Waals surface area contributed by atoms with E-state index in [1.807, 2.05) is 47.4 Å². The number of rotatable bonds is 11. The SMILES string of the molecule is O=C(O)CCCCCCN1CC(=O)CC=C1C=CC(=O)Cc1ccccc1. The molecule has 0 amide bonds. The van der Waals surface area contributed by atoms with Gasteiger partial charge in [-0.1, -0.05) is 49.2 Å². The number of aliphatic carboxylic acids is 1. The molecule has 1 aromatic carbocycles. The van der Waals surface area contributed by atoms with Gasteiger partial charge < -0.3 is 10.0 Å². The predicted molar refractivity (Wildman–Crippen MR) is 104 cm³/mol. The summed E-state index contributed by atoms with van der Waals surface area (Å²) in [4.78, 5) is 36.5. The standard InChI is InChI=1S/C22H27NO4/c24-20(16-18-8-4-3-5-9-18)13-11-19-12-14-21(25)17-23(19)15-7-2-1-6-10-22(26)27/h3-5,8-9,11-13H,1-2,6-7,10,14-17H2,(H,26,27). The Kier molecular flexibility index (Phi) is 8.49. The van der Waals surface area contributed by atoms with Crippen molar-refractivity contribution in [3.8, 4) is 0 Å². The molecule has 0 saturated carbocycles. The molecule has 144 valence electrons. The number of hydrogen-bond acceptors (Lipinski definition) is 4. The zero-order valence-corrected chi connectivity index (χ0v) is 15.6. The summed E-state index contributed by atoms with van der Waals surface area (Å²) in [6.07, 6.45) is 9.65. The Morgan fingerprint density at radius 2 is 1.81 bits per heavy atom. The fourth-order valence-electron chi connectivity index (χ4n) is 3.06. The first-order valence-electron chi connectivity index (χ1n) is 9.48. The Hall–Kier alpha value is -2.69. The molecule has 0 saturated heterocycles. The van der Waals surface area contributed by atoms with Crippen molar-refractivity contribution in [2.45, 2.75) is 44.9 Å². The summed E-state index contributed by atoms with van der Waals surface area (Å²) in [7, 11) is 0. The van der Waals surface area contributed by atoms with E-state index >= 15 is 0 Å². The summed E-state index contributed by atoms with van der Waals surface area (Å²) < 4.78 is 0. The quantitative estimate of drug-likeness (QED) is 0.477. The molecule has 1 aliphatic heterocycles. The van der Waals surface area contributed by atoms with Gasteiger partial charge >= 0.3 is 5.97 Å². The second-order valence-electron chi connectivity index (χ2n) is 6.81. The third-order valence-corrected chi connectivity index (χ3v) is 4.50. The van der Waals surface area contributed by atoms with Crippen LogP contribution in [0.2, 0.25) is 0 Å². The molecule has 0 bridgehead atoms. The maximum atomic E-state index is 12.2. The molecule has 0 unspecified atom stereocenters. The Bertz CT molecular complexity index is 706. The molecule has 0 aliphatic carbocycles. The van der Waals surface area contributed by atoms with Gasteiger partial charge in [0.2, 0.25) is 0 Å². The van der Waals surface area contributed by atoms with E-state index in [1.165, 1.54) is 0 Å². The normalized spacial score (nSPS) is 14.4. The molecule has 0 spiro atoms. The summed E-state index contributed by atoms with van der Waals surface area (Å²) in [5.74, 6) is -0.548. The zero-order valence-electron chi connectivity index (χ0n) is 15.6. The van der Waals surface area contributed by atoms with Crippen LogP contribution in [0.4, 0.5) is 0 Å². The highest BCUT2D eigenvalue weighted by Crippen LogP contribution is 2.16. The number of unbranched alkanes of at least 4 members (excludes halogenated alkanes) is 3. The summed E-state index contributed by atoms with van der Waals surface area (Å²) in [6, 6.07) is 9.62. The van der Waals surface area contributed by atoms with E-state index in [9.17, 15) is 14.4 Å². The van der Waals surface area contributed by atoms with Gasteiger partial charge in [-0.25, -0.2) is 0 Å². The fraction of sp³-hybridized carbons (Fsp3) is 0.409. The molecule has 0 aromatic heterocycles. The zero-order chi connectivity index (χ0) is 19.5. The molecular formula is C22H27NO4. The molecule has 1 heterocycles. The molecule has 5 nitrogen and oxygen atoms in total. The maximum Gasteiger partial charge on any atom is 0.303 e. The van der Waals surface area contributed by atoms with Crippen LogP contribution in [0.25, 0.3) is 0 Å². The molecule has 0 fully saturated rings. The van der Waals surface area contributed by atoms with Crippen LogP contribution in [0.15, 0.2) is 54.3 Å². The van der Waals surface area contributed by atoms with Gasteiger partial charge in [0.15, 0.2) is 11.6 Å². The van der Waals surface area contributed by atoms with Gasteiger partial charge in [0.25, 0.3) is 0 Å². The van der Waals surface area contributed by atoms with Crippen LogP contribution in [0.1, 0.15) is 44.1 Å². The van der Waals surface area contributed by atoms with E-state index in [0.717, 1.165) is 37.1 Å². The molecule has 1 aromatic rings. The van der Waals surface area contributed by atoms with Gasteiger partial charge in [-0.05, 0) is 30.6 Å². The lowest BCUT2D eigenvalue weighted by molar-refractivity contribution is -0.137. The van der Waals surface area contributed by atoms with Crippen LogP contribution in [0.3, 0.4) is 0 Å². The average molecular weight is 369 g/mol.